The first-order chi connectivity index (χ1) is 44.2. The van der Waals surface area contributed by atoms with Crippen molar-refractivity contribution in [3.63, 3.8) is 0 Å². The van der Waals surface area contributed by atoms with Crippen LogP contribution >= 0.6 is 15.6 Å². The molecule has 0 aromatic carbocycles. The van der Waals surface area contributed by atoms with Gasteiger partial charge >= 0.3 is 39.5 Å². The van der Waals surface area contributed by atoms with E-state index in [1.54, 1.807) is 0 Å². The standard InChI is InChI=1S/C72H140O17P2/c1-5-9-13-17-21-24-26-28-30-31-32-33-34-36-38-40-43-47-51-55-59-72(77)89-68(63-83-70(75)57-53-49-45-42-39-37-35-29-27-25-22-18-14-10-6-2)65-87-91(80,81)85-61-66(73)60-84-90(78,79)86-64-67(62-82-69(74)56-52-48-44-20-16-12-8-4)88-71(76)58-54-50-46-41-23-19-15-11-7-3/h66-68,73H,5-65H2,1-4H3,(H,78,79)(H,80,81)/t66-,67+,68+/m0/s1. The van der Waals surface area contributed by atoms with E-state index >= 15 is 0 Å². The van der Waals surface area contributed by atoms with Crippen LogP contribution < -0.4 is 0 Å². The summed E-state index contributed by atoms with van der Waals surface area (Å²) in [5, 5.41) is 10.6. The van der Waals surface area contributed by atoms with E-state index in [-0.39, 0.29) is 25.7 Å². The maximum atomic E-state index is 13.1. The molecule has 3 N–H and O–H groups in total. The summed E-state index contributed by atoms with van der Waals surface area (Å²) >= 11 is 0. The first-order valence-electron chi connectivity index (χ1n) is 37.8. The smallest absolute Gasteiger partial charge is 0.462 e. The van der Waals surface area contributed by atoms with Crippen LogP contribution in [-0.2, 0) is 65.4 Å². The predicted molar refractivity (Wildman–Crippen MR) is 368 cm³/mol. The minimum atomic E-state index is -4.95. The summed E-state index contributed by atoms with van der Waals surface area (Å²) in [5.41, 5.74) is 0. The van der Waals surface area contributed by atoms with E-state index in [0.29, 0.717) is 25.7 Å². The Hall–Kier alpha value is -1.94. The van der Waals surface area contributed by atoms with Crippen LogP contribution in [0.3, 0.4) is 0 Å². The van der Waals surface area contributed by atoms with E-state index in [0.717, 1.165) is 103 Å². The molecule has 0 aromatic heterocycles. The first-order valence-corrected chi connectivity index (χ1v) is 40.8. The maximum absolute atomic E-state index is 13.1. The van der Waals surface area contributed by atoms with Gasteiger partial charge in [-0.25, -0.2) is 9.13 Å². The predicted octanol–water partition coefficient (Wildman–Crippen LogP) is 21.1. The fraction of sp³-hybridized carbons (Fsp3) is 0.944. The Balaban J connectivity index is 5.15. The lowest BCUT2D eigenvalue weighted by molar-refractivity contribution is -0.161. The summed E-state index contributed by atoms with van der Waals surface area (Å²) in [6, 6.07) is 0. The van der Waals surface area contributed by atoms with E-state index in [9.17, 15) is 43.2 Å². The molecule has 540 valence electrons. The van der Waals surface area contributed by atoms with E-state index < -0.39 is 97.5 Å². The highest BCUT2D eigenvalue weighted by Gasteiger charge is 2.30. The highest BCUT2D eigenvalue weighted by molar-refractivity contribution is 7.47. The summed E-state index contributed by atoms with van der Waals surface area (Å²) in [7, 11) is -9.89. The highest BCUT2D eigenvalue weighted by Crippen LogP contribution is 2.45. The van der Waals surface area contributed by atoms with Crippen molar-refractivity contribution in [2.75, 3.05) is 39.6 Å². The molecule has 0 fully saturated rings. The van der Waals surface area contributed by atoms with Crippen molar-refractivity contribution in [3.8, 4) is 0 Å². The molecule has 0 saturated carbocycles. The molecule has 5 atom stereocenters. The van der Waals surface area contributed by atoms with Crippen molar-refractivity contribution in [1.82, 2.24) is 0 Å². The SMILES string of the molecule is CCCCCCCCCCCCCCCCCCCCCCC(=O)O[C@H](COC(=O)CCCCCCCCCCCCCCCCC)COP(=O)(O)OC[C@@H](O)COP(=O)(O)OC[C@@H](COC(=O)CCCCCCCCC)OC(=O)CCCCCCCCCCC. The quantitative estimate of drug-likeness (QED) is 0.0222. The number of ether oxygens (including phenoxy) is 4. The summed E-state index contributed by atoms with van der Waals surface area (Å²) in [6.45, 7) is 4.90. The molecule has 91 heavy (non-hydrogen) atoms. The van der Waals surface area contributed by atoms with Crippen molar-refractivity contribution >= 4 is 39.5 Å². The molecule has 0 radical (unpaired) electrons. The lowest BCUT2D eigenvalue weighted by Gasteiger charge is -2.21. The number of rotatable bonds is 73. The molecular weight excluding hydrogens is 1200 g/mol. The zero-order chi connectivity index (χ0) is 66.8. The third kappa shape index (κ3) is 66.5. The number of carbonyl (C=O) groups is 4. The molecule has 19 heteroatoms. The third-order valence-electron chi connectivity index (χ3n) is 16.9. The zero-order valence-corrected chi connectivity index (χ0v) is 60.6. The molecule has 0 spiro atoms. The maximum Gasteiger partial charge on any atom is 0.472 e. The lowest BCUT2D eigenvalue weighted by Crippen LogP contribution is -2.30. The third-order valence-corrected chi connectivity index (χ3v) is 18.8. The van der Waals surface area contributed by atoms with Crippen molar-refractivity contribution < 1.29 is 80.2 Å². The van der Waals surface area contributed by atoms with Crippen molar-refractivity contribution in [3.05, 3.63) is 0 Å². The van der Waals surface area contributed by atoms with Crippen LogP contribution in [0.4, 0.5) is 0 Å². The van der Waals surface area contributed by atoms with Crippen LogP contribution in [0.25, 0.3) is 0 Å². The second-order valence-corrected chi connectivity index (χ2v) is 28.9. The monoisotopic (exact) mass is 1340 g/mol. The second-order valence-electron chi connectivity index (χ2n) is 26.0. The topological polar surface area (TPSA) is 237 Å². The van der Waals surface area contributed by atoms with Crippen molar-refractivity contribution in [2.45, 2.75) is 399 Å². The Morgan fingerprint density at radius 1 is 0.264 bits per heavy atom. The number of esters is 4. The fourth-order valence-electron chi connectivity index (χ4n) is 11.0. The molecule has 0 aromatic rings. The minimum absolute atomic E-state index is 0.106. The molecule has 17 nitrogen and oxygen atoms in total. The zero-order valence-electron chi connectivity index (χ0n) is 58.8. The second kappa shape index (κ2) is 66.7. The number of unbranched alkanes of at least 4 members (excludes halogenated alkanes) is 47. The van der Waals surface area contributed by atoms with Gasteiger partial charge in [0.1, 0.15) is 19.3 Å². The highest BCUT2D eigenvalue weighted by atomic mass is 31.2. The Bertz CT molecular complexity index is 1740. The Labute approximate surface area is 556 Å². The Morgan fingerprint density at radius 2 is 0.440 bits per heavy atom. The molecular formula is C72H140O17P2. The molecule has 0 saturated heterocycles. The number of hydrogen-bond acceptors (Lipinski definition) is 15. The Morgan fingerprint density at radius 3 is 0.648 bits per heavy atom. The number of hydrogen-bond donors (Lipinski definition) is 3. The van der Waals surface area contributed by atoms with Gasteiger partial charge in [0.05, 0.1) is 26.4 Å². The van der Waals surface area contributed by atoms with Crippen molar-refractivity contribution in [1.29, 1.82) is 0 Å². The van der Waals surface area contributed by atoms with Gasteiger partial charge in [0.15, 0.2) is 12.2 Å². The van der Waals surface area contributed by atoms with Gasteiger partial charge in [-0.1, -0.05) is 329 Å². The van der Waals surface area contributed by atoms with Gasteiger partial charge in [0.25, 0.3) is 0 Å². The largest absolute Gasteiger partial charge is 0.472 e. The molecule has 0 amide bonds. The number of phosphoric acid groups is 2. The van der Waals surface area contributed by atoms with Gasteiger partial charge in [0, 0.05) is 25.7 Å². The summed E-state index contributed by atoms with van der Waals surface area (Å²) in [4.78, 5) is 72.4. The van der Waals surface area contributed by atoms with E-state index in [4.69, 9.17) is 37.0 Å². The summed E-state index contributed by atoms with van der Waals surface area (Å²) in [5.74, 6) is -2.12. The van der Waals surface area contributed by atoms with Crippen LogP contribution in [0.5, 0.6) is 0 Å². The number of phosphoric ester groups is 2. The number of aliphatic hydroxyl groups is 1. The minimum Gasteiger partial charge on any atom is -0.462 e. The molecule has 0 aliphatic rings. The molecule has 0 heterocycles. The Kier molecular flexibility index (Phi) is 65.2. The van der Waals surface area contributed by atoms with Gasteiger partial charge in [0.2, 0.25) is 0 Å². The molecule has 0 rings (SSSR count). The molecule has 2 unspecified atom stereocenters. The number of carbonyl (C=O) groups excluding carboxylic acids is 4. The van der Waals surface area contributed by atoms with Gasteiger partial charge in [-0.2, -0.15) is 0 Å². The van der Waals surface area contributed by atoms with Crippen LogP contribution in [-0.4, -0.2) is 96.7 Å². The number of aliphatic hydroxyl groups excluding tert-OH is 1. The first kappa shape index (κ1) is 89.1. The van der Waals surface area contributed by atoms with Gasteiger partial charge in [-0.3, -0.25) is 37.3 Å². The average molecular weight is 1340 g/mol. The van der Waals surface area contributed by atoms with Crippen LogP contribution in [0.2, 0.25) is 0 Å². The summed E-state index contributed by atoms with van der Waals surface area (Å²) in [6.07, 6.45) is 55.7. The lowest BCUT2D eigenvalue weighted by atomic mass is 10.0. The van der Waals surface area contributed by atoms with Crippen LogP contribution in [0, 0.1) is 0 Å². The normalized spacial score (nSPS) is 14.0. The van der Waals surface area contributed by atoms with Crippen molar-refractivity contribution in [2.24, 2.45) is 0 Å². The summed E-state index contributed by atoms with van der Waals surface area (Å²) < 4.78 is 68.2. The molecule has 0 aliphatic carbocycles. The fourth-order valence-corrected chi connectivity index (χ4v) is 12.6. The van der Waals surface area contributed by atoms with Gasteiger partial charge < -0.3 is 33.8 Å². The van der Waals surface area contributed by atoms with E-state index in [2.05, 4.69) is 27.7 Å². The van der Waals surface area contributed by atoms with Gasteiger partial charge in [-0.05, 0) is 25.7 Å². The molecule has 0 aliphatic heterocycles. The van der Waals surface area contributed by atoms with Gasteiger partial charge in [-0.15, -0.1) is 0 Å². The van der Waals surface area contributed by atoms with E-state index in [1.165, 1.54) is 199 Å². The average Bonchev–Trinajstić information content (AvgIpc) is 3.73. The van der Waals surface area contributed by atoms with E-state index in [1.807, 2.05) is 0 Å². The molecule has 0 bridgehead atoms. The van der Waals surface area contributed by atoms with Crippen LogP contribution in [0.15, 0.2) is 0 Å². The van der Waals surface area contributed by atoms with Crippen LogP contribution in [0.1, 0.15) is 381 Å².